The number of carbonyl (C=O) groups excluding carboxylic acids is 1. The number of carboxylic acid groups (broad SMARTS) is 1. The highest BCUT2D eigenvalue weighted by Gasteiger charge is 2.10. The van der Waals surface area contributed by atoms with Crippen LogP contribution in [0.2, 0.25) is 0 Å². The lowest BCUT2D eigenvalue weighted by Gasteiger charge is -2.10. The first-order valence-electron chi connectivity index (χ1n) is 5.52. The number of nitrogens with zero attached hydrogens (tertiary/aromatic N) is 1. The van der Waals surface area contributed by atoms with Gasteiger partial charge in [0.25, 0.3) is 5.91 Å². The van der Waals surface area contributed by atoms with E-state index in [9.17, 15) is 9.59 Å². The molecule has 92 valence electrons. The summed E-state index contributed by atoms with van der Waals surface area (Å²) in [5, 5.41) is 11.5. The Morgan fingerprint density at radius 3 is 2.82 bits per heavy atom. The van der Waals surface area contributed by atoms with Crippen molar-refractivity contribution in [3.63, 3.8) is 0 Å². The van der Waals surface area contributed by atoms with Crippen LogP contribution in [-0.2, 0) is 0 Å². The van der Waals surface area contributed by atoms with Crippen molar-refractivity contribution in [2.75, 3.05) is 6.54 Å². The van der Waals surface area contributed by atoms with Gasteiger partial charge in [0.05, 0.1) is 0 Å². The summed E-state index contributed by atoms with van der Waals surface area (Å²) in [6.45, 7) is 4.67. The fourth-order valence-electron chi connectivity index (χ4n) is 1.20. The standard InChI is InChI=1S/C12H16N2O3/c1-3-8(2)7-14-11(15)9-4-5-13-10(6-9)12(16)17/h4-6,8H,3,7H2,1-2H3,(H,14,15)(H,16,17). The van der Waals surface area contributed by atoms with E-state index in [0.717, 1.165) is 6.42 Å². The molecule has 5 nitrogen and oxygen atoms in total. The van der Waals surface area contributed by atoms with E-state index in [1.165, 1.54) is 18.3 Å². The van der Waals surface area contributed by atoms with Crippen LogP contribution in [0.3, 0.4) is 0 Å². The van der Waals surface area contributed by atoms with Crippen molar-refractivity contribution in [2.24, 2.45) is 5.92 Å². The van der Waals surface area contributed by atoms with Crippen molar-refractivity contribution >= 4 is 11.9 Å². The molecule has 1 aromatic heterocycles. The summed E-state index contributed by atoms with van der Waals surface area (Å²) in [7, 11) is 0. The van der Waals surface area contributed by atoms with Crippen LogP contribution in [-0.4, -0.2) is 28.5 Å². The summed E-state index contributed by atoms with van der Waals surface area (Å²) >= 11 is 0. The van der Waals surface area contributed by atoms with Gasteiger partial charge in [0.15, 0.2) is 0 Å². The average molecular weight is 236 g/mol. The second-order valence-electron chi connectivity index (χ2n) is 3.96. The van der Waals surface area contributed by atoms with Gasteiger partial charge in [0, 0.05) is 18.3 Å². The summed E-state index contributed by atoms with van der Waals surface area (Å²) in [6.07, 6.45) is 2.30. The molecule has 0 saturated carbocycles. The fourth-order valence-corrected chi connectivity index (χ4v) is 1.20. The number of rotatable bonds is 5. The zero-order chi connectivity index (χ0) is 12.8. The van der Waals surface area contributed by atoms with Crippen molar-refractivity contribution in [1.29, 1.82) is 0 Å². The van der Waals surface area contributed by atoms with Gasteiger partial charge in [-0.05, 0) is 18.1 Å². The molecule has 17 heavy (non-hydrogen) atoms. The number of aromatic nitrogens is 1. The van der Waals surface area contributed by atoms with Crippen LogP contribution in [0.5, 0.6) is 0 Å². The molecule has 0 spiro atoms. The molecule has 1 heterocycles. The van der Waals surface area contributed by atoms with E-state index in [1.807, 2.05) is 13.8 Å². The van der Waals surface area contributed by atoms with Crippen molar-refractivity contribution < 1.29 is 14.7 Å². The lowest BCUT2D eigenvalue weighted by molar-refractivity contribution is 0.0690. The Labute approximate surface area is 99.9 Å². The van der Waals surface area contributed by atoms with Crippen LogP contribution in [0.15, 0.2) is 18.3 Å². The van der Waals surface area contributed by atoms with Crippen molar-refractivity contribution in [3.05, 3.63) is 29.6 Å². The van der Waals surface area contributed by atoms with Crippen LogP contribution in [0.1, 0.15) is 41.1 Å². The molecular formula is C12H16N2O3. The summed E-state index contributed by atoms with van der Waals surface area (Å²) in [6, 6.07) is 2.77. The molecule has 0 radical (unpaired) electrons. The lowest BCUT2D eigenvalue weighted by Crippen LogP contribution is -2.28. The average Bonchev–Trinajstić information content (AvgIpc) is 2.35. The molecule has 2 N–H and O–H groups in total. The first kappa shape index (κ1) is 13.2. The van der Waals surface area contributed by atoms with E-state index in [2.05, 4.69) is 10.3 Å². The van der Waals surface area contributed by atoms with Gasteiger partial charge in [-0.15, -0.1) is 0 Å². The fraction of sp³-hybridized carbons (Fsp3) is 0.417. The number of nitrogens with one attached hydrogen (secondary N) is 1. The predicted octanol–water partition coefficient (Wildman–Crippen LogP) is 1.56. The normalized spacial score (nSPS) is 11.9. The van der Waals surface area contributed by atoms with E-state index in [1.54, 1.807) is 0 Å². The molecule has 0 aliphatic rings. The predicted molar refractivity (Wildman–Crippen MR) is 63.0 cm³/mol. The maximum Gasteiger partial charge on any atom is 0.354 e. The lowest BCUT2D eigenvalue weighted by atomic mass is 10.1. The molecule has 1 unspecified atom stereocenters. The molecule has 0 aromatic carbocycles. The number of aromatic carboxylic acids is 1. The van der Waals surface area contributed by atoms with Crippen LogP contribution < -0.4 is 5.32 Å². The minimum atomic E-state index is -1.14. The third-order valence-corrected chi connectivity index (χ3v) is 2.55. The van der Waals surface area contributed by atoms with Gasteiger partial charge in [0.1, 0.15) is 5.69 Å². The van der Waals surface area contributed by atoms with Gasteiger partial charge in [-0.3, -0.25) is 4.79 Å². The van der Waals surface area contributed by atoms with Crippen molar-refractivity contribution in [1.82, 2.24) is 10.3 Å². The first-order chi connectivity index (χ1) is 8.04. The maximum atomic E-state index is 11.7. The summed E-state index contributed by atoms with van der Waals surface area (Å²) in [5.74, 6) is -1.00. The second-order valence-corrected chi connectivity index (χ2v) is 3.96. The largest absolute Gasteiger partial charge is 0.477 e. The van der Waals surface area contributed by atoms with Gasteiger partial charge < -0.3 is 10.4 Å². The Morgan fingerprint density at radius 1 is 1.53 bits per heavy atom. The van der Waals surface area contributed by atoms with Crippen LogP contribution >= 0.6 is 0 Å². The number of pyridine rings is 1. The maximum absolute atomic E-state index is 11.7. The Balaban J connectivity index is 2.69. The van der Waals surface area contributed by atoms with Gasteiger partial charge >= 0.3 is 5.97 Å². The zero-order valence-corrected chi connectivity index (χ0v) is 9.93. The van der Waals surface area contributed by atoms with E-state index >= 15 is 0 Å². The molecule has 0 bridgehead atoms. The number of hydrogen-bond donors (Lipinski definition) is 2. The Bertz CT molecular complexity index is 418. The molecule has 1 rings (SSSR count). The number of amides is 1. The van der Waals surface area contributed by atoms with E-state index in [4.69, 9.17) is 5.11 Å². The third kappa shape index (κ3) is 3.86. The molecule has 1 amide bonds. The highest BCUT2D eigenvalue weighted by Crippen LogP contribution is 2.03. The van der Waals surface area contributed by atoms with Crippen LogP contribution in [0.25, 0.3) is 0 Å². The Hall–Kier alpha value is -1.91. The number of hydrogen-bond acceptors (Lipinski definition) is 3. The van der Waals surface area contributed by atoms with Gasteiger partial charge in [-0.25, -0.2) is 9.78 Å². The van der Waals surface area contributed by atoms with Gasteiger partial charge in [0.2, 0.25) is 0 Å². The molecule has 0 aliphatic heterocycles. The van der Waals surface area contributed by atoms with E-state index in [0.29, 0.717) is 18.0 Å². The minimum Gasteiger partial charge on any atom is -0.477 e. The molecule has 0 saturated heterocycles. The molecule has 0 aliphatic carbocycles. The number of carbonyl (C=O) groups is 2. The van der Waals surface area contributed by atoms with E-state index in [-0.39, 0.29) is 11.6 Å². The highest BCUT2D eigenvalue weighted by molar-refractivity contribution is 5.96. The first-order valence-corrected chi connectivity index (χ1v) is 5.52. The molecule has 1 atom stereocenters. The monoisotopic (exact) mass is 236 g/mol. The quantitative estimate of drug-likeness (QED) is 0.813. The highest BCUT2D eigenvalue weighted by atomic mass is 16.4. The summed E-state index contributed by atoms with van der Waals surface area (Å²) in [4.78, 5) is 26.1. The third-order valence-electron chi connectivity index (χ3n) is 2.55. The van der Waals surface area contributed by atoms with Gasteiger partial charge in [-0.2, -0.15) is 0 Å². The van der Waals surface area contributed by atoms with Crippen LogP contribution in [0, 0.1) is 5.92 Å². The Morgan fingerprint density at radius 2 is 2.24 bits per heavy atom. The minimum absolute atomic E-state index is 0.124. The summed E-state index contributed by atoms with van der Waals surface area (Å²) in [5.41, 5.74) is 0.196. The van der Waals surface area contributed by atoms with Crippen LogP contribution in [0.4, 0.5) is 0 Å². The molecular weight excluding hydrogens is 220 g/mol. The zero-order valence-electron chi connectivity index (χ0n) is 9.93. The number of carboxylic acids is 1. The molecule has 0 fully saturated rings. The van der Waals surface area contributed by atoms with Crippen molar-refractivity contribution in [2.45, 2.75) is 20.3 Å². The smallest absolute Gasteiger partial charge is 0.354 e. The molecule has 1 aromatic rings. The second kappa shape index (κ2) is 5.98. The summed E-state index contributed by atoms with van der Waals surface area (Å²) < 4.78 is 0. The Kier molecular flexibility index (Phi) is 4.63. The SMILES string of the molecule is CCC(C)CNC(=O)c1ccnc(C(=O)O)c1. The van der Waals surface area contributed by atoms with Crippen molar-refractivity contribution in [3.8, 4) is 0 Å². The topological polar surface area (TPSA) is 79.3 Å². The molecule has 5 heteroatoms. The van der Waals surface area contributed by atoms with E-state index < -0.39 is 5.97 Å². The van der Waals surface area contributed by atoms with Gasteiger partial charge in [-0.1, -0.05) is 20.3 Å².